The maximum Gasteiger partial charge on any atom is 0.310 e. The van der Waals surface area contributed by atoms with Crippen LogP contribution in [-0.4, -0.2) is 39.5 Å². The van der Waals surface area contributed by atoms with Crippen molar-refractivity contribution < 1.29 is 27.5 Å². The molecule has 1 unspecified atom stereocenters. The number of carbonyl (C=O) groups is 2. The number of hydrogen-bond donors (Lipinski definition) is 2. The number of rotatable bonds is 11. The van der Waals surface area contributed by atoms with Gasteiger partial charge < -0.3 is 14.8 Å². The molecule has 3 aromatic rings. The van der Waals surface area contributed by atoms with E-state index in [1.807, 2.05) is 0 Å². The summed E-state index contributed by atoms with van der Waals surface area (Å²) in [5.74, 6) is -0.584. The quantitative estimate of drug-likeness (QED) is 0.237. The molecular formula is C25H24ClIN2O6S. The minimum Gasteiger partial charge on any atom is -0.491 e. The second-order valence-electron chi connectivity index (χ2n) is 7.56. The number of sulfonamides is 1. The van der Waals surface area contributed by atoms with Gasteiger partial charge in [0.05, 0.1) is 17.9 Å². The molecule has 0 bridgehead atoms. The van der Waals surface area contributed by atoms with E-state index in [2.05, 4.69) is 32.6 Å². The third-order valence-corrected chi connectivity index (χ3v) is 7.27. The number of esters is 1. The highest BCUT2D eigenvalue weighted by molar-refractivity contribution is 14.1. The Bertz CT molecular complexity index is 1300. The van der Waals surface area contributed by atoms with E-state index in [4.69, 9.17) is 21.1 Å². The monoisotopic (exact) mass is 642 g/mol. The Balaban J connectivity index is 1.75. The summed E-state index contributed by atoms with van der Waals surface area (Å²) < 4.78 is 39.8. The van der Waals surface area contributed by atoms with Gasteiger partial charge >= 0.3 is 5.97 Å². The maximum absolute atomic E-state index is 13.1. The molecule has 0 aliphatic heterocycles. The normalized spacial score (nSPS) is 12.0. The zero-order chi connectivity index (χ0) is 26.1. The van der Waals surface area contributed by atoms with Crippen molar-refractivity contribution in [3.8, 4) is 5.75 Å². The summed E-state index contributed by atoms with van der Waals surface area (Å²) in [6.45, 7) is 1.75. The van der Waals surface area contributed by atoms with Gasteiger partial charge in [-0.2, -0.15) is 4.72 Å². The first-order valence-electron chi connectivity index (χ1n) is 10.9. The van der Waals surface area contributed by atoms with Crippen molar-refractivity contribution in [1.82, 2.24) is 4.72 Å². The first-order chi connectivity index (χ1) is 17.2. The minimum atomic E-state index is -4.02. The van der Waals surface area contributed by atoms with Crippen LogP contribution in [0.15, 0.2) is 77.7 Å². The van der Waals surface area contributed by atoms with Crippen LogP contribution in [0.2, 0.25) is 5.02 Å². The Hall–Kier alpha value is -2.67. The van der Waals surface area contributed by atoms with Gasteiger partial charge in [0.15, 0.2) is 0 Å². The highest BCUT2D eigenvalue weighted by atomic mass is 127. The number of hydrogen-bond acceptors (Lipinski definition) is 6. The average molecular weight is 643 g/mol. The summed E-state index contributed by atoms with van der Waals surface area (Å²) in [6, 6.07) is 18.1. The molecule has 0 saturated heterocycles. The smallest absolute Gasteiger partial charge is 0.310 e. The van der Waals surface area contributed by atoms with Gasteiger partial charge in [0.2, 0.25) is 15.9 Å². The minimum absolute atomic E-state index is 0.0202. The number of amides is 1. The Morgan fingerprint density at radius 1 is 1.03 bits per heavy atom. The zero-order valence-electron chi connectivity index (χ0n) is 19.2. The van der Waals surface area contributed by atoms with Crippen LogP contribution in [0.5, 0.6) is 5.75 Å². The lowest BCUT2D eigenvalue weighted by Crippen LogP contribution is -2.47. The van der Waals surface area contributed by atoms with Gasteiger partial charge in [-0.05, 0) is 89.7 Å². The molecule has 0 fully saturated rings. The van der Waals surface area contributed by atoms with Crippen LogP contribution in [-0.2, 0) is 30.8 Å². The van der Waals surface area contributed by atoms with Crippen molar-refractivity contribution in [2.75, 3.05) is 18.5 Å². The molecule has 1 atom stereocenters. The van der Waals surface area contributed by atoms with E-state index in [9.17, 15) is 18.0 Å². The van der Waals surface area contributed by atoms with E-state index in [0.717, 1.165) is 3.57 Å². The fourth-order valence-electron chi connectivity index (χ4n) is 3.08. The largest absolute Gasteiger partial charge is 0.491 e. The number of anilines is 1. The van der Waals surface area contributed by atoms with E-state index in [1.165, 1.54) is 12.1 Å². The number of ether oxygens (including phenoxy) is 2. The highest BCUT2D eigenvalue weighted by Gasteiger charge is 2.27. The van der Waals surface area contributed by atoms with Gasteiger partial charge in [0.1, 0.15) is 18.4 Å². The fourth-order valence-corrected chi connectivity index (χ4v) is 4.80. The molecular weight excluding hydrogens is 619 g/mol. The van der Waals surface area contributed by atoms with E-state index in [0.29, 0.717) is 28.6 Å². The third kappa shape index (κ3) is 8.47. The number of nitrogens with one attached hydrogen (secondary N) is 2. The number of halogens is 2. The Kier molecular flexibility index (Phi) is 10.1. The lowest BCUT2D eigenvalue weighted by Gasteiger charge is -2.19. The summed E-state index contributed by atoms with van der Waals surface area (Å²) in [7, 11) is -4.02. The van der Waals surface area contributed by atoms with Crippen LogP contribution in [0.4, 0.5) is 5.69 Å². The molecule has 0 spiro atoms. The highest BCUT2D eigenvalue weighted by Crippen LogP contribution is 2.19. The fraction of sp³-hybridized carbons (Fsp3) is 0.200. The number of carbonyl (C=O) groups excluding carboxylic acids is 2. The Morgan fingerprint density at radius 3 is 2.36 bits per heavy atom. The topological polar surface area (TPSA) is 111 Å². The van der Waals surface area contributed by atoms with Gasteiger partial charge in [-0.25, -0.2) is 8.42 Å². The third-order valence-electron chi connectivity index (χ3n) is 4.83. The van der Waals surface area contributed by atoms with Crippen LogP contribution >= 0.6 is 34.2 Å². The molecule has 0 aliphatic carbocycles. The SMILES string of the molecule is CCOC(=O)Cc1ccc(NC(=O)C(COc2cccc(Cl)c2)NS(=O)(=O)c2ccc(I)cc2)cc1. The van der Waals surface area contributed by atoms with Gasteiger partial charge in [0.25, 0.3) is 0 Å². The molecule has 2 N–H and O–H groups in total. The second kappa shape index (κ2) is 13.0. The molecule has 0 radical (unpaired) electrons. The molecule has 0 saturated carbocycles. The molecule has 8 nitrogen and oxygen atoms in total. The van der Waals surface area contributed by atoms with E-state index in [1.54, 1.807) is 67.6 Å². The van der Waals surface area contributed by atoms with Crippen molar-refractivity contribution in [3.63, 3.8) is 0 Å². The Morgan fingerprint density at radius 2 is 1.72 bits per heavy atom. The molecule has 11 heteroatoms. The van der Waals surface area contributed by atoms with Crippen LogP contribution in [0.1, 0.15) is 12.5 Å². The van der Waals surface area contributed by atoms with Crippen molar-refractivity contribution in [1.29, 1.82) is 0 Å². The van der Waals surface area contributed by atoms with Crippen LogP contribution in [0, 0.1) is 3.57 Å². The Labute approximate surface area is 228 Å². The standard InChI is InChI=1S/C25H24ClIN2O6S/c1-2-34-24(30)14-17-6-10-20(11-7-17)28-25(31)23(16-35-21-5-3-4-18(26)15-21)29-36(32,33)22-12-8-19(27)9-13-22/h3-13,15,23,29H,2,14,16H2,1H3,(H,28,31). The molecule has 0 heterocycles. The number of benzene rings is 3. The van der Waals surface area contributed by atoms with Crippen molar-refractivity contribution in [3.05, 3.63) is 87.0 Å². The summed E-state index contributed by atoms with van der Waals surface area (Å²) in [5.41, 5.74) is 1.14. The summed E-state index contributed by atoms with van der Waals surface area (Å²) in [4.78, 5) is 24.8. The van der Waals surface area contributed by atoms with E-state index < -0.39 is 22.0 Å². The van der Waals surface area contributed by atoms with Crippen molar-refractivity contribution >= 4 is 61.8 Å². The second-order valence-corrected chi connectivity index (χ2v) is 11.0. The lowest BCUT2D eigenvalue weighted by molar-refractivity contribution is -0.142. The molecule has 0 aliphatic rings. The molecule has 3 rings (SSSR count). The molecule has 1 amide bonds. The van der Waals surface area contributed by atoms with Crippen molar-refractivity contribution in [2.45, 2.75) is 24.3 Å². The summed E-state index contributed by atoms with van der Waals surface area (Å²) in [5, 5.41) is 3.13. The molecule has 36 heavy (non-hydrogen) atoms. The maximum atomic E-state index is 13.1. The first kappa shape index (κ1) is 27.9. The lowest BCUT2D eigenvalue weighted by atomic mass is 10.1. The molecule has 3 aromatic carbocycles. The van der Waals surface area contributed by atoms with Gasteiger partial charge in [-0.3, -0.25) is 9.59 Å². The summed E-state index contributed by atoms with van der Waals surface area (Å²) >= 11 is 8.06. The predicted octanol–water partition coefficient (Wildman–Crippen LogP) is 4.41. The van der Waals surface area contributed by atoms with Gasteiger partial charge in [0, 0.05) is 14.3 Å². The van der Waals surface area contributed by atoms with E-state index >= 15 is 0 Å². The summed E-state index contributed by atoms with van der Waals surface area (Å²) in [6.07, 6.45) is 0.105. The molecule has 0 aromatic heterocycles. The molecule has 190 valence electrons. The van der Waals surface area contributed by atoms with Crippen molar-refractivity contribution in [2.24, 2.45) is 0 Å². The van der Waals surface area contributed by atoms with Gasteiger partial charge in [-0.15, -0.1) is 0 Å². The zero-order valence-corrected chi connectivity index (χ0v) is 23.0. The first-order valence-corrected chi connectivity index (χ1v) is 13.8. The van der Waals surface area contributed by atoms with E-state index in [-0.39, 0.29) is 23.9 Å². The predicted molar refractivity (Wildman–Crippen MR) is 146 cm³/mol. The average Bonchev–Trinajstić information content (AvgIpc) is 2.83. The van der Waals surface area contributed by atoms with Gasteiger partial charge in [-0.1, -0.05) is 29.8 Å². The van der Waals surface area contributed by atoms with Crippen LogP contribution in [0.25, 0.3) is 0 Å². The van der Waals surface area contributed by atoms with Crippen LogP contribution in [0.3, 0.4) is 0 Å². The van der Waals surface area contributed by atoms with Crippen LogP contribution < -0.4 is 14.8 Å².